The van der Waals surface area contributed by atoms with Crippen molar-refractivity contribution in [2.24, 2.45) is 5.92 Å². The number of hydrogen-bond acceptors (Lipinski definition) is 3. The number of rotatable bonds is 4. The lowest BCUT2D eigenvalue weighted by atomic mass is 9.84. The predicted octanol–water partition coefficient (Wildman–Crippen LogP) is 2.17. The molecular formula is C14H26N2OS. The summed E-state index contributed by atoms with van der Waals surface area (Å²) in [5.74, 6) is 3.33. The van der Waals surface area contributed by atoms with E-state index in [0.717, 1.165) is 18.2 Å². The molecule has 3 nitrogen and oxygen atoms in total. The summed E-state index contributed by atoms with van der Waals surface area (Å²) in [4.78, 5) is 12.0. The maximum atomic E-state index is 12.0. The number of hydrogen-bond donors (Lipinski definition) is 2. The first kappa shape index (κ1) is 14.2. The fourth-order valence-electron chi connectivity index (χ4n) is 3.05. The van der Waals surface area contributed by atoms with Crippen molar-refractivity contribution in [1.29, 1.82) is 0 Å². The van der Waals surface area contributed by atoms with E-state index in [4.69, 9.17) is 0 Å². The second-order valence-electron chi connectivity index (χ2n) is 5.64. The molecule has 18 heavy (non-hydrogen) atoms. The molecule has 1 amide bonds. The minimum atomic E-state index is 0.247. The van der Waals surface area contributed by atoms with Crippen LogP contribution in [0.15, 0.2) is 0 Å². The van der Waals surface area contributed by atoms with Crippen LogP contribution in [-0.2, 0) is 4.79 Å². The van der Waals surface area contributed by atoms with Gasteiger partial charge in [-0.2, -0.15) is 11.8 Å². The van der Waals surface area contributed by atoms with Crippen LogP contribution in [0.25, 0.3) is 0 Å². The van der Waals surface area contributed by atoms with Crippen molar-refractivity contribution in [3.05, 3.63) is 0 Å². The van der Waals surface area contributed by atoms with Crippen LogP contribution in [0.2, 0.25) is 0 Å². The van der Waals surface area contributed by atoms with Crippen molar-refractivity contribution >= 4 is 17.7 Å². The van der Waals surface area contributed by atoms with Crippen LogP contribution in [0.1, 0.15) is 45.4 Å². The molecular weight excluding hydrogens is 244 g/mol. The van der Waals surface area contributed by atoms with Crippen molar-refractivity contribution < 1.29 is 4.79 Å². The Morgan fingerprint density at radius 3 is 3.06 bits per heavy atom. The third-order valence-corrected chi connectivity index (χ3v) is 5.29. The summed E-state index contributed by atoms with van der Waals surface area (Å²) in [6.45, 7) is 3.31. The molecule has 4 heteroatoms. The van der Waals surface area contributed by atoms with Gasteiger partial charge in [0.1, 0.15) is 0 Å². The SMILES string of the molecule is CCC1CCCC(NC(=O)CC2CSCCN2)C1. The van der Waals surface area contributed by atoms with Crippen LogP contribution in [0, 0.1) is 5.92 Å². The molecule has 2 N–H and O–H groups in total. The molecule has 1 aliphatic carbocycles. The normalized spacial score (nSPS) is 33.1. The van der Waals surface area contributed by atoms with Gasteiger partial charge in [-0.1, -0.05) is 26.2 Å². The van der Waals surface area contributed by atoms with E-state index in [1.54, 1.807) is 0 Å². The van der Waals surface area contributed by atoms with E-state index < -0.39 is 0 Å². The number of nitrogens with one attached hydrogen (secondary N) is 2. The molecule has 0 bridgehead atoms. The molecule has 2 aliphatic rings. The van der Waals surface area contributed by atoms with Crippen molar-refractivity contribution in [2.45, 2.75) is 57.5 Å². The molecule has 0 aromatic heterocycles. The van der Waals surface area contributed by atoms with Crippen molar-refractivity contribution in [3.8, 4) is 0 Å². The molecule has 104 valence electrons. The van der Waals surface area contributed by atoms with Crippen LogP contribution in [-0.4, -0.2) is 36.0 Å². The van der Waals surface area contributed by atoms with Gasteiger partial charge in [0.25, 0.3) is 0 Å². The Morgan fingerprint density at radius 2 is 2.33 bits per heavy atom. The average molecular weight is 270 g/mol. The first-order valence-corrected chi connectivity index (χ1v) is 8.54. The fraction of sp³-hybridized carbons (Fsp3) is 0.929. The standard InChI is InChI=1S/C14H26N2OS/c1-2-11-4-3-5-12(8-11)16-14(17)9-13-10-18-7-6-15-13/h11-13,15H,2-10H2,1H3,(H,16,17). The zero-order chi connectivity index (χ0) is 12.8. The second-order valence-corrected chi connectivity index (χ2v) is 6.79. The predicted molar refractivity (Wildman–Crippen MR) is 77.9 cm³/mol. The topological polar surface area (TPSA) is 41.1 Å². The lowest BCUT2D eigenvalue weighted by Gasteiger charge is -2.30. The van der Waals surface area contributed by atoms with Gasteiger partial charge in [0.15, 0.2) is 0 Å². The summed E-state index contributed by atoms with van der Waals surface area (Å²) in [5.41, 5.74) is 0. The van der Waals surface area contributed by atoms with Crippen molar-refractivity contribution in [3.63, 3.8) is 0 Å². The summed E-state index contributed by atoms with van der Waals surface area (Å²) in [5, 5.41) is 6.67. The highest BCUT2D eigenvalue weighted by molar-refractivity contribution is 7.99. The highest BCUT2D eigenvalue weighted by atomic mass is 32.2. The first-order chi connectivity index (χ1) is 8.78. The fourth-order valence-corrected chi connectivity index (χ4v) is 4.00. The molecule has 0 spiro atoms. The third kappa shape index (κ3) is 4.47. The molecule has 3 atom stereocenters. The zero-order valence-electron chi connectivity index (χ0n) is 11.4. The second kappa shape index (κ2) is 7.39. The minimum Gasteiger partial charge on any atom is -0.353 e. The maximum absolute atomic E-state index is 12.0. The molecule has 0 aromatic carbocycles. The van der Waals surface area contributed by atoms with Gasteiger partial charge in [0.05, 0.1) is 0 Å². The van der Waals surface area contributed by atoms with Crippen LogP contribution in [0.3, 0.4) is 0 Å². The Labute approximate surface area is 115 Å². The van der Waals surface area contributed by atoms with E-state index in [1.165, 1.54) is 37.9 Å². The molecule has 1 heterocycles. The highest BCUT2D eigenvalue weighted by Crippen LogP contribution is 2.26. The van der Waals surface area contributed by atoms with E-state index in [2.05, 4.69) is 17.6 Å². The molecule has 2 rings (SSSR count). The smallest absolute Gasteiger partial charge is 0.221 e. The first-order valence-electron chi connectivity index (χ1n) is 7.38. The largest absolute Gasteiger partial charge is 0.353 e. The van der Waals surface area contributed by atoms with Crippen molar-refractivity contribution in [2.75, 3.05) is 18.1 Å². The Bertz CT molecular complexity index is 267. The van der Waals surface area contributed by atoms with E-state index in [1.807, 2.05) is 11.8 Å². The van der Waals surface area contributed by atoms with Gasteiger partial charge in [-0.3, -0.25) is 4.79 Å². The summed E-state index contributed by atoms with van der Waals surface area (Å²) in [6.07, 6.45) is 6.91. The summed E-state index contributed by atoms with van der Waals surface area (Å²) in [6, 6.07) is 0.821. The van der Waals surface area contributed by atoms with Crippen LogP contribution < -0.4 is 10.6 Å². The molecule has 0 radical (unpaired) electrons. The third-order valence-electron chi connectivity index (χ3n) is 4.16. The summed E-state index contributed by atoms with van der Waals surface area (Å²) in [7, 11) is 0. The Balaban J connectivity index is 1.69. The van der Waals surface area contributed by atoms with E-state index in [-0.39, 0.29) is 5.91 Å². The van der Waals surface area contributed by atoms with Gasteiger partial charge in [-0.25, -0.2) is 0 Å². The minimum absolute atomic E-state index is 0.247. The van der Waals surface area contributed by atoms with Gasteiger partial charge < -0.3 is 10.6 Å². The van der Waals surface area contributed by atoms with Crippen LogP contribution in [0.5, 0.6) is 0 Å². The summed E-state index contributed by atoms with van der Waals surface area (Å²) < 4.78 is 0. The lowest BCUT2D eigenvalue weighted by molar-refractivity contribution is -0.122. The van der Waals surface area contributed by atoms with Gasteiger partial charge in [0.2, 0.25) is 5.91 Å². The van der Waals surface area contributed by atoms with Gasteiger partial charge >= 0.3 is 0 Å². The molecule has 3 unspecified atom stereocenters. The maximum Gasteiger partial charge on any atom is 0.221 e. The highest BCUT2D eigenvalue weighted by Gasteiger charge is 2.23. The number of thioether (sulfide) groups is 1. The van der Waals surface area contributed by atoms with E-state index in [9.17, 15) is 4.79 Å². The number of carbonyl (C=O) groups excluding carboxylic acids is 1. The number of amides is 1. The Hall–Kier alpha value is -0.220. The molecule has 0 aromatic rings. The lowest BCUT2D eigenvalue weighted by Crippen LogP contribution is -2.44. The quantitative estimate of drug-likeness (QED) is 0.822. The van der Waals surface area contributed by atoms with E-state index in [0.29, 0.717) is 18.5 Å². The van der Waals surface area contributed by atoms with Crippen LogP contribution in [0.4, 0.5) is 0 Å². The van der Waals surface area contributed by atoms with Gasteiger partial charge in [-0.15, -0.1) is 0 Å². The monoisotopic (exact) mass is 270 g/mol. The van der Waals surface area contributed by atoms with Gasteiger partial charge in [0, 0.05) is 36.6 Å². The number of carbonyl (C=O) groups is 1. The summed E-state index contributed by atoms with van der Waals surface area (Å²) >= 11 is 1.95. The Morgan fingerprint density at radius 1 is 1.44 bits per heavy atom. The molecule has 1 saturated heterocycles. The average Bonchev–Trinajstić information content (AvgIpc) is 2.40. The van der Waals surface area contributed by atoms with Crippen LogP contribution >= 0.6 is 11.8 Å². The molecule has 1 aliphatic heterocycles. The Kier molecular flexibility index (Phi) is 5.83. The van der Waals surface area contributed by atoms with Gasteiger partial charge in [-0.05, 0) is 18.8 Å². The van der Waals surface area contributed by atoms with E-state index >= 15 is 0 Å². The molecule has 2 fully saturated rings. The molecule has 1 saturated carbocycles. The van der Waals surface area contributed by atoms with Crippen molar-refractivity contribution in [1.82, 2.24) is 10.6 Å². The zero-order valence-corrected chi connectivity index (χ0v) is 12.2.